The van der Waals surface area contributed by atoms with Gasteiger partial charge in [0.15, 0.2) is 6.29 Å². The number of carbonyl (C=O) groups is 1. The Kier molecular flexibility index (Phi) is 34.3. The zero-order chi connectivity index (χ0) is 41.9. The standard InChI is InChI=1S/C46H87NO10/c1-3-5-7-9-11-13-14-15-16-17-18-19-20-21-22-23-24-25-26-28-29-31-33-38(49)41(51)37(36-56-46-44(54)43(53)42(52)40(35-48)57-46)47-45(55)39(50)34-32-30-27-12-10-8-6-4-2/h26-28,30,37-44,46,48-54H,3-25,29,31-36H2,1-2H3,(H,47,55)/b28-26+,30-27-. The summed E-state index contributed by atoms with van der Waals surface area (Å²) in [5.74, 6) is -0.743. The molecule has 0 radical (unpaired) electrons. The van der Waals surface area contributed by atoms with Crippen molar-refractivity contribution < 1.29 is 50.0 Å². The number of hydrogen-bond donors (Lipinski definition) is 8. The lowest BCUT2D eigenvalue weighted by Crippen LogP contribution is -2.60. The van der Waals surface area contributed by atoms with Crippen molar-refractivity contribution in [3.63, 3.8) is 0 Å². The fourth-order valence-electron chi connectivity index (χ4n) is 7.32. The highest BCUT2D eigenvalue weighted by Crippen LogP contribution is 2.23. The monoisotopic (exact) mass is 814 g/mol. The molecule has 9 atom stereocenters. The van der Waals surface area contributed by atoms with Crippen LogP contribution in [0.4, 0.5) is 0 Å². The molecule has 8 N–H and O–H groups in total. The molecule has 11 heteroatoms. The van der Waals surface area contributed by atoms with Crippen molar-refractivity contribution in [2.24, 2.45) is 0 Å². The number of nitrogens with one attached hydrogen (secondary N) is 1. The van der Waals surface area contributed by atoms with Crippen LogP contribution in [-0.2, 0) is 14.3 Å². The van der Waals surface area contributed by atoms with Crippen LogP contribution in [-0.4, -0.2) is 110 Å². The van der Waals surface area contributed by atoms with Crippen LogP contribution in [0.25, 0.3) is 0 Å². The Morgan fingerprint density at radius 1 is 0.596 bits per heavy atom. The summed E-state index contributed by atoms with van der Waals surface area (Å²) in [6, 6.07) is -1.20. The number of unbranched alkanes of at least 4 members (excludes halogenated alkanes) is 22. The summed E-state index contributed by atoms with van der Waals surface area (Å²) in [7, 11) is 0. The molecule has 57 heavy (non-hydrogen) atoms. The predicted molar refractivity (Wildman–Crippen MR) is 229 cm³/mol. The van der Waals surface area contributed by atoms with E-state index < -0.39 is 74.2 Å². The highest BCUT2D eigenvalue weighted by atomic mass is 16.7. The molecule has 1 rings (SSSR count). The van der Waals surface area contributed by atoms with Crippen LogP contribution in [0.3, 0.4) is 0 Å². The van der Waals surface area contributed by atoms with E-state index in [0.717, 1.165) is 32.1 Å². The maximum Gasteiger partial charge on any atom is 0.249 e. The third kappa shape index (κ3) is 26.4. The maximum absolute atomic E-state index is 13.0. The smallest absolute Gasteiger partial charge is 0.249 e. The summed E-state index contributed by atoms with van der Waals surface area (Å²) in [5.41, 5.74) is 0. The molecule has 0 aromatic rings. The van der Waals surface area contributed by atoms with Crippen LogP contribution < -0.4 is 5.32 Å². The van der Waals surface area contributed by atoms with Crippen molar-refractivity contribution in [1.82, 2.24) is 5.32 Å². The Morgan fingerprint density at radius 3 is 1.53 bits per heavy atom. The third-order valence-corrected chi connectivity index (χ3v) is 11.2. The lowest BCUT2D eigenvalue weighted by Gasteiger charge is -2.40. The molecule has 1 fully saturated rings. The highest BCUT2D eigenvalue weighted by Gasteiger charge is 2.44. The molecule has 1 amide bonds. The maximum atomic E-state index is 13.0. The zero-order valence-corrected chi connectivity index (χ0v) is 36.1. The first-order valence-electron chi connectivity index (χ1n) is 23.2. The molecule has 336 valence electrons. The molecule has 11 nitrogen and oxygen atoms in total. The molecule has 0 aromatic carbocycles. The van der Waals surface area contributed by atoms with E-state index in [1.807, 2.05) is 6.08 Å². The molecule has 1 aliphatic heterocycles. The van der Waals surface area contributed by atoms with E-state index in [1.165, 1.54) is 122 Å². The van der Waals surface area contributed by atoms with Gasteiger partial charge in [0.1, 0.15) is 36.6 Å². The van der Waals surface area contributed by atoms with Crippen LogP contribution >= 0.6 is 0 Å². The lowest BCUT2D eigenvalue weighted by atomic mass is 9.99. The zero-order valence-electron chi connectivity index (χ0n) is 36.1. The molecular weight excluding hydrogens is 727 g/mol. The number of aliphatic hydroxyl groups is 7. The van der Waals surface area contributed by atoms with Gasteiger partial charge in [-0.3, -0.25) is 4.79 Å². The van der Waals surface area contributed by atoms with Gasteiger partial charge in [-0.1, -0.05) is 160 Å². The number of rotatable bonds is 38. The number of carbonyl (C=O) groups excluding carboxylic acids is 1. The van der Waals surface area contributed by atoms with Crippen molar-refractivity contribution in [2.75, 3.05) is 13.2 Å². The van der Waals surface area contributed by atoms with Crippen molar-refractivity contribution in [3.8, 4) is 0 Å². The normalized spacial score (nSPS) is 22.3. The molecule has 0 saturated carbocycles. The molecule has 0 bridgehead atoms. The summed E-state index contributed by atoms with van der Waals surface area (Å²) >= 11 is 0. The second-order valence-corrected chi connectivity index (χ2v) is 16.5. The summed E-state index contributed by atoms with van der Waals surface area (Å²) < 4.78 is 11.0. The Morgan fingerprint density at radius 2 is 1.04 bits per heavy atom. The van der Waals surface area contributed by atoms with Gasteiger partial charge in [0.2, 0.25) is 5.91 Å². The SMILES string of the molecule is CCCCCC/C=C\CCC(O)C(=O)NC(COC1OC(CO)C(O)C(O)C1O)C(O)C(O)CCC/C=C/CCCCCCCCCCCCCCCCCCC. The summed E-state index contributed by atoms with van der Waals surface area (Å²) in [6.07, 6.45) is 28.5. The first-order valence-corrected chi connectivity index (χ1v) is 23.2. The van der Waals surface area contributed by atoms with Crippen LogP contribution in [0.1, 0.15) is 194 Å². The molecule has 1 aliphatic rings. The van der Waals surface area contributed by atoms with E-state index in [2.05, 4.69) is 37.4 Å². The minimum atomic E-state index is -1.67. The van der Waals surface area contributed by atoms with Crippen molar-refractivity contribution >= 4 is 5.91 Å². The summed E-state index contributed by atoms with van der Waals surface area (Å²) in [6.45, 7) is 3.35. The van der Waals surface area contributed by atoms with E-state index >= 15 is 0 Å². The topological polar surface area (TPSA) is 189 Å². The lowest BCUT2D eigenvalue weighted by molar-refractivity contribution is -0.303. The van der Waals surface area contributed by atoms with E-state index in [4.69, 9.17) is 9.47 Å². The molecular formula is C46H87NO10. The van der Waals surface area contributed by atoms with Gasteiger partial charge in [0.25, 0.3) is 0 Å². The van der Waals surface area contributed by atoms with Gasteiger partial charge in [-0.15, -0.1) is 0 Å². The average molecular weight is 814 g/mol. The minimum absolute atomic E-state index is 0.169. The third-order valence-electron chi connectivity index (χ3n) is 11.2. The number of aliphatic hydroxyl groups excluding tert-OH is 7. The van der Waals surface area contributed by atoms with E-state index in [1.54, 1.807) is 0 Å². The molecule has 0 aliphatic carbocycles. The molecule has 0 spiro atoms. The summed E-state index contributed by atoms with van der Waals surface area (Å²) in [5, 5.41) is 75.3. The molecule has 1 heterocycles. The van der Waals surface area contributed by atoms with Crippen LogP contribution in [0.15, 0.2) is 24.3 Å². The number of allylic oxidation sites excluding steroid dienone is 4. The fraction of sp³-hybridized carbons (Fsp3) is 0.891. The van der Waals surface area contributed by atoms with Gasteiger partial charge in [-0.05, 0) is 57.8 Å². The average Bonchev–Trinajstić information content (AvgIpc) is 3.21. The Hall–Kier alpha value is -1.41. The predicted octanol–water partition coefficient (Wildman–Crippen LogP) is 7.45. The summed E-state index contributed by atoms with van der Waals surface area (Å²) in [4.78, 5) is 13.0. The second kappa shape index (κ2) is 36.4. The van der Waals surface area contributed by atoms with Gasteiger partial charge in [0, 0.05) is 0 Å². The number of hydrogen-bond acceptors (Lipinski definition) is 10. The van der Waals surface area contributed by atoms with Gasteiger partial charge >= 0.3 is 0 Å². The van der Waals surface area contributed by atoms with Gasteiger partial charge in [-0.2, -0.15) is 0 Å². The first kappa shape index (κ1) is 53.6. The van der Waals surface area contributed by atoms with Crippen LogP contribution in [0, 0.1) is 0 Å². The molecule has 0 aromatic heterocycles. The van der Waals surface area contributed by atoms with E-state index in [9.17, 15) is 40.5 Å². The Balaban J connectivity index is 2.39. The quantitative estimate of drug-likeness (QED) is 0.0230. The van der Waals surface area contributed by atoms with Crippen molar-refractivity contribution in [2.45, 2.75) is 249 Å². The molecule has 9 unspecified atom stereocenters. The van der Waals surface area contributed by atoms with Crippen LogP contribution in [0.2, 0.25) is 0 Å². The highest BCUT2D eigenvalue weighted by molar-refractivity contribution is 5.80. The van der Waals surface area contributed by atoms with Gasteiger partial charge in [0.05, 0.1) is 25.4 Å². The Bertz CT molecular complexity index is 981. The van der Waals surface area contributed by atoms with E-state index in [-0.39, 0.29) is 12.8 Å². The number of ether oxygens (including phenoxy) is 2. The van der Waals surface area contributed by atoms with Crippen molar-refractivity contribution in [3.05, 3.63) is 24.3 Å². The fourth-order valence-corrected chi connectivity index (χ4v) is 7.32. The first-order chi connectivity index (χ1) is 27.7. The van der Waals surface area contributed by atoms with Crippen molar-refractivity contribution in [1.29, 1.82) is 0 Å². The second-order valence-electron chi connectivity index (χ2n) is 16.5. The Labute approximate surface area is 346 Å². The van der Waals surface area contributed by atoms with Gasteiger partial charge < -0.3 is 50.5 Å². The van der Waals surface area contributed by atoms with Gasteiger partial charge in [-0.25, -0.2) is 0 Å². The molecule has 1 saturated heterocycles. The largest absolute Gasteiger partial charge is 0.394 e. The minimum Gasteiger partial charge on any atom is -0.394 e. The van der Waals surface area contributed by atoms with Crippen LogP contribution in [0.5, 0.6) is 0 Å². The van der Waals surface area contributed by atoms with E-state index in [0.29, 0.717) is 12.8 Å². The number of amides is 1.